The fourth-order valence-corrected chi connectivity index (χ4v) is 2.28. The van der Waals surface area contributed by atoms with Gasteiger partial charge < -0.3 is 10.1 Å². The minimum Gasteiger partial charge on any atom is -0.465 e. The second-order valence-electron chi connectivity index (χ2n) is 6.45. The Labute approximate surface area is 109 Å². The zero-order valence-electron chi connectivity index (χ0n) is 12.1. The van der Waals surface area contributed by atoms with Gasteiger partial charge in [-0.15, -0.1) is 0 Å². The summed E-state index contributed by atoms with van der Waals surface area (Å²) >= 11 is 0. The molecule has 18 heavy (non-hydrogen) atoms. The van der Waals surface area contributed by atoms with Crippen molar-refractivity contribution in [2.45, 2.75) is 59.4 Å². The predicted octanol–water partition coefficient (Wildman–Crippen LogP) is 2.27. The van der Waals surface area contributed by atoms with E-state index in [1.807, 2.05) is 27.7 Å². The molecule has 0 aliphatic heterocycles. The van der Waals surface area contributed by atoms with Gasteiger partial charge in [0.25, 0.3) is 0 Å². The summed E-state index contributed by atoms with van der Waals surface area (Å²) in [5, 5.41) is 3.00. The number of amides is 1. The zero-order valence-corrected chi connectivity index (χ0v) is 12.1. The van der Waals surface area contributed by atoms with Gasteiger partial charge >= 0.3 is 5.97 Å². The van der Waals surface area contributed by atoms with E-state index in [1.165, 1.54) is 0 Å². The highest BCUT2D eigenvalue weighted by Gasteiger charge is 2.42. The molecule has 1 unspecified atom stereocenters. The van der Waals surface area contributed by atoms with E-state index in [9.17, 15) is 9.59 Å². The quantitative estimate of drug-likeness (QED) is 0.619. The summed E-state index contributed by atoms with van der Waals surface area (Å²) in [5.41, 5.74) is -0.566. The van der Waals surface area contributed by atoms with E-state index in [2.05, 4.69) is 5.32 Å². The van der Waals surface area contributed by atoms with E-state index in [4.69, 9.17) is 4.74 Å². The van der Waals surface area contributed by atoms with E-state index in [1.54, 1.807) is 6.92 Å². The van der Waals surface area contributed by atoms with E-state index >= 15 is 0 Å². The molecule has 1 saturated carbocycles. The Morgan fingerprint density at radius 1 is 1.33 bits per heavy atom. The van der Waals surface area contributed by atoms with Gasteiger partial charge in [0.1, 0.15) is 5.92 Å². The molecule has 0 radical (unpaired) electrons. The smallest absolute Gasteiger partial charge is 0.319 e. The molecule has 0 heterocycles. The molecule has 0 spiro atoms. The molecule has 1 N–H and O–H groups in total. The summed E-state index contributed by atoms with van der Waals surface area (Å²) < 4.78 is 5.02. The average Bonchev–Trinajstić information content (AvgIpc) is 2.13. The van der Waals surface area contributed by atoms with Gasteiger partial charge in [0.2, 0.25) is 5.91 Å². The Bertz CT molecular complexity index is 326. The molecular weight excluding hydrogens is 230 g/mol. The maximum Gasteiger partial charge on any atom is 0.319 e. The summed E-state index contributed by atoms with van der Waals surface area (Å²) in [6, 6.07) is 0. The van der Waals surface area contributed by atoms with Gasteiger partial charge in [-0.25, -0.2) is 0 Å². The summed E-state index contributed by atoms with van der Waals surface area (Å²) in [7, 11) is 0. The predicted molar refractivity (Wildman–Crippen MR) is 70.0 cm³/mol. The standard InChI is InChI=1S/C14H25NO3/c1-6-18-12(17)10(13(2,3)4)11(16)15-14(5)8-7-9-14/h10H,6-9H2,1-5H3,(H,15,16). The van der Waals surface area contributed by atoms with Crippen molar-refractivity contribution in [1.82, 2.24) is 5.32 Å². The molecule has 1 aliphatic rings. The third-order valence-corrected chi connectivity index (χ3v) is 3.53. The number of esters is 1. The fourth-order valence-electron chi connectivity index (χ4n) is 2.28. The molecule has 0 saturated heterocycles. The number of carbonyl (C=O) groups is 2. The largest absolute Gasteiger partial charge is 0.465 e. The molecule has 1 rings (SSSR count). The molecule has 1 amide bonds. The SMILES string of the molecule is CCOC(=O)C(C(=O)NC1(C)CCC1)C(C)(C)C. The lowest BCUT2D eigenvalue weighted by molar-refractivity contribution is -0.157. The van der Waals surface area contributed by atoms with Gasteiger partial charge in [0.05, 0.1) is 6.61 Å². The lowest BCUT2D eigenvalue weighted by Gasteiger charge is -2.41. The minimum absolute atomic E-state index is 0.132. The van der Waals surface area contributed by atoms with Crippen LogP contribution in [0.25, 0.3) is 0 Å². The van der Waals surface area contributed by atoms with Crippen LogP contribution in [0, 0.1) is 11.3 Å². The number of hydrogen-bond acceptors (Lipinski definition) is 3. The van der Waals surface area contributed by atoms with Crippen LogP contribution in [0.3, 0.4) is 0 Å². The first-order valence-corrected chi connectivity index (χ1v) is 6.68. The molecule has 0 aromatic rings. The molecule has 4 heteroatoms. The van der Waals surface area contributed by atoms with Crippen LogP contribution in [-0.4, -0.2) is 24.0 Å². The van der Waals surface area contributed by atoms with Crippen molar-refractivity contribution >= 4 is 11.9 Å². The van der Waals surface area contributed by atoms with Crippen LogP contribution < -0.4 is 5.32 Å². The van der Waals surface area contributed by atoms with Crippen LogP contribution in [0.15, 0.2) is 0 Å². The average molecular weight is 255 g/mol. The van der Waals surface area contributed by atoms with Crippen LogP contribution in [0.1, 0.15) is 53.9 Å². The van der Waals surface area contributed by atoms with Crippen LogP contribution >= 0.6 is 0 Å². The number of ether oxygens (including phenoxy) is 1. The first-order valence-electron chi connectivity index (χ1n) is 6.68. The fraction of sp³-hybridized carbons (Fsp3) is 0.857. The number of carbonyl (C=O) groups excluding carboxylic acids is 2. The molecule has 4 nitrogen and oxygen atoms in total. The number of rotatable bonds is 4. The highest BCUT2D eigenvalue weighted by atomic mass is 16.5. The minimum atomic E-state index is -0.741. The summed E-state index contributed by atoms with van der Waals surface area (Å²) in [5.74, 6) is -1.37. The van der Waals surface area contributed by atoms with E-state index in [-0.39, 0.29) is 11.4 Å². The van der Waals surface area contributed by atoms with Crippen molar-refractivity contribution in [2.75, 3.05) is 6.61 Å². The molecular formula is C14H25NO3. The van der Waals surface area contributed by atoms with Gasteiger partial charge in [-0.05, 0) is 38.5 Å². The van der Waals surface area contributed by atoms with Gasteiger partial charge in [0, 0.05) is 5.54 Å². The van der Waals surface area contributed by atoms with Crippen molar-refractivity contribution in [3.8, 4) is 0 Å². The monoisotopic (exact) mass is 255 g/mol. The molecule has 104 valence electrons. The van der Waals surface area contributed by atoms with Gasteiger partial charge in [-0.1, -0.05) is 20.8 Å². The lowest BCUT2D eigenvalue weighted by atomic mass is 9.76. The maximum atomic E-state index is 12.3. The molecule has 1 fully saturated rings. The highest BCUT2D eigenvalue weighted by Crippen LogP contribution is 2.33. The van der Waals surface area contributed by atoms with E-state index < -0.39 is 17.3 Å². The molecule has 1 aliphatic carbocycles. The second-order valence-corrected chi connectivity index (χ2v) is 6.45. The normalized spacial score (nSPS) is 19.6. The highest BCUT2D eigenvalue weighted by molar-refractivity contribution is 5.98. The van der Waals surface area contributed by atoms with Crippen molar-refractivity contribution in [1.29, 1.82) is 0 Å². The zero-order chi connectivity index (χ0) is 14.0. The van der Waals surface area contributed by atoms with Crippen molar-refractivity contribution in [2.24, 2.45) is 11.3 Å². The summed E-state index contributed by atoms with van der Waals surface area (Å²) in [6.45, 7) is 9.74. The summed E-state index contributed by atoms with van der Waals surface area (Å²) in [6.07, 6.45) is 3.10. The van der Waals surface area contributed by atoms with Gasteiger partial charge in [0.15, 0.2) is 0 Å². The number of hydrogen-bond donors (Lipinski definition) is 1. The molecule has 0 aromatic carbocycles. The van der Waals surface area contributed by atoms with E-state index in [0.717, 1.165) is 19.3 Å². The topological polar surface area (TPSA) is 55.4 Å². The Morgan fingerprint density at radius 3 is 2.22 bits per heavy atom. The lowest BCUT2D eigenvalue weighted by Crippen LogP contribution is -2.55. The molecule has 0 bridgehead atoms. The molecule has 1 atom stereocenters. The van der Waals surface area contributed by atoms with Crippen LogP contribution in [0.2, 0.25) is 0 Å². The van der Waals surface area contributed by atoms with Crippen molar-refractivity contribution in [3.05, 3.63) is 0 Å². The summed E-state index contributed by atoms with van der Waals surface area (Å²) in [4.78, 5) is 24.2. The van der Waals surface area contributed by atoms with Crippen molar-refractivity contribution < 1.29 is 14.3 Å². The van der Waals surface area contributed by atoms with Crippen LogP contribution in [-0.2, 0) is 14.3 Å². The third kappa shape index (κ3) is 3.47. The Hall–Kier alpha value is -1.06. The van der Waals surface area contributed by atoms with E-state index in [0.29, 0.717) is 6.61 Å². The Balaban J connectivity index is 2.76. The number of nitrogens with one attached hydrogen (secondary N) is 1. The van der Waals surface area contributed by atoms with Crippen LogP contribution in [0.5, 0.6) is 0 Å². The molecule has 0 aromatic heterocycles. The van der Waals surface area contributed by atoms with Gasteiger partial charge in [-0.3, -0.25) is 9.59 Å². The third-order valence-electron chi connectivity index (χ3n) is 3.53. The van der Waals surface area contributed by atoms with Gasteiger partial charge in [-0.2, -0.15) is 0 Å². The Kier molecular flexibility index (Phi) is 4.41. The first kappa shape index (κ1) is 15.0. The Morgan fingerprint density at radius 2 is 1.89 bits per heavy atom. The second kappa shape index (κ2) is 5.29. The first-order chi connectivity index (χ1) is 8.19. The van der Waals surface area contributed by atoms with Crippen LogP contribution in [0.4, 0.5) is 0 Å². The maximum absolute atomic E-state index is 12.3. The van der Waals surface area contributed by atoms with Crippen molar-refractivity contribution in [3.63, 3.8) is 0 Å².